The molecule has 1 fully saturated rings. The van der Waals surface area contributed by atoms with Crippen LogP contribution in [0.5, 0.6) is 0 Å². The van der Waals surface area contributed by atoms with Gasteiger partial charge >= 0.3 is 5.97 Å². The zero-order valence-corrected chi connectivity index (χ0v) is 12.8. The summed E-state index contributed by atoms with van der Waals surface area (Å²) in [6.07, 6.45) is 3.29. The molecular formula is C16H24N2O3. The minimum atomic E-state index is -0.353. The third kappa shape index (κ3) is 3.67. The average molecular weight is 292 g/mol. The summed E-state index contributed by atoms with van der Waals surface area (Å²) in [6, 6.07) is 5.35. The minimum absolute atomic E-state index is 0.198. The van der Waals surface area contributed by atoms with Crippen LogP contribution in [0.2, 0.25) is 0 Å². The van der Waals surface area contributed by atoms with Crippen molar-refractivity contribution in [2.24, 2.45) is 0 Å². The van der Waals surface area contributed by atoms with Crippen molar-refractivity contribution in [3.05, 3.63) is 23.8 Å². The molecule has 1 aromatic rings. The first-order chi connectivity index (χ1) is 10.2. The number of nitrogens with zero attached hydrogens (tertiary/aromatic N) is 1. The van der Waals surface area contributed by atoms with Gasteiger partial charge in [-0.2, -0.15) is 0 Å². The van der Waals surface area contributed by atoms with Gasteiger partial charge in [-0.3, -0.25) is 0 Å². The fraction of sp³-hybridized carbons (Fsp3) is 0.562. The fourth-order valence-corrected chi connectivity index (χ4v) is 2.75. The van der Waals surface area contributed by atoms with Crippen LogP contribution >= 0.6 is 0 Å². The van der Waals surface area contributed by atoms with Crippen LogP contribution in [0.4, 0.5) is 11.4 Å². The third-order valence-corrected chi connectivity index (χ3v) is 3.72. The van der Waals surface area contributed by atoms with Crippen molar-refractivity contribution >= 4 is 17.3 Å². The third-order valence-electron chi connectivity index (χ3n) is 3.72. The number of hydrogen-bond acceptors (Lipinski definition) is 5. The van der Waals surface area contributed by atoms with Crippen molar-refractivity contribution in [3.8, 4) is 0 Å². The SMILES string of the molecule is CCCOC1CCCN(c2c(N)cccc2C(=O)OC)C1. The molecular weight excluding hydrogens is 268 g/mol. The van der Waals surface area contributed by atoms with Crippen LogP contribution in [0.25, 0.3) is 0 Å². The molecule has 2 rings (SSSR count). The molecule has 0 amide bonds. The standard InChI is InChI=1S/C16H24N2O3/c1-3-10-21-12-6-5-9-18(11-12)15-13(16(19)20-2)7-4-8-14(15)17/h4,7-8,12H,3,5-6,9-11,17H2,1-2H3. The van der Waals surface area contributed by atoms with Gasteiger partial charge in [0.1, 0.15) is 0 Å². The molecule has 116 valence electrons. The Morgan fingerprint density at radius 1 is 1.48 bits per heavy atom. The lowest BCUT2D eigenvalue weighted by Gasteiger charge is -2.35. The number of hydrogen-bond donors (Lipinski definition) is 1. The van der Waals surface area contributed by atoms with E-state index < -0.39 is 0 Å². The van der Waals surface area contributed by atoms with Crippen molar-refractivity contribution < 1.29 is 14.3 Å². The number of methoxy groups -OCH3 is 1. The second-order valence-corrected chi connectivity index (χ2v) is 5.32. The van der Waals surface area contributed by atoms with E-state index in [1.165, 1.54) is 7.11 Å². The van der Waals surface area contributed by atoms with Crippen LogP contribution in [0.3, 0.4) is 0 Å². The molecule has 1 saturated heterocycles. The lowest BCUT2D eigenvalue weighted by molar-refractivity contribution is 0.0438. The highest BCUT2D eigenvalue weighted by Gasteiger charge is 2.25. The van der Waals surface area contributed by atoms with Crippen molar-refractivity contribution in [3.63, 3.8) is 0 Å². The van der Waals surface area contributed by atoms with E-state index >= 15 is 0 Å². The maximum absolute atomic E-state index is 11.9. The molecule has 0 bridgehead atoms. The van der Waals surface area contributed by atoms with Crippen molar-refractivity contribution in [2.45, 2.75) is 32.3 Å². The van der Waals surface area contributed by atoms with Gasteiger partial charge in [0, 0.05) is 19.7 Å². The zero-order valence-electron chi connectivity index (χ0n) is 12.8. The number of para-hydroxylation sites is 1. The predicted octanol–water partition coefficient (Wildman–Crippen LogP) is 2.45. The van der Waals surface area contributed by atoms with Gasteiger partial charge in [-0.05, 0) is 31.4 Å². The first-order valence-electron chi connectivity index (χ1n) is 7.50. The van der Waals surface area contributed by atoms with E-state index in [1.54, 1.807) is 12.1 Å². The maximum atomic E-state index is 11.9. The van der Waals surface area contributed by atoms with Crippen LogP contribution < -0.4 is 10.6 Å². The molecule has 0 aromatic heterocycles. The summed E-state index contributed by atoms with van der Waals surface area (Å²) in [7, 11) is 1.39. The van der Waals surface area contributed by atoms with Crippen molar-refractivity contribution in [1.82, 2.24) is 0 Å². The van der Waals surface area contributed by atoms with Crippen LogP contribution in [-0.4, -0.2) is 38.9 Å². The number of nitrogen functional groups attached to an aromatic ring is 1. The molecule has 1 heterocycles. The summed E-state index contributed by atoms with van der Waals surface area (Å²) in [4.78, 5) is 14.1. The van der Waals surface area contributed by atoms with Gasteiger partial charge in [0.15, 0.2) is 0 Å². The molecule has 0 saturated carbocycles. The van der Waals surface area contributed by atoms with Gasteiger partial charge < -0.3 is 20.1 Å². The molecule has 21 heavy (non-hydrogen) atoms. The normalized spacial score (nSPS) is 18.6. The van der Waals surface area contributed by atoms with Crippen LogP contribution in [0, 0.1) is 0 Å². The van der Waals surface area contributed by atoms with Gasteiger partial charge in [-0.15, -0.1) is 0 Å². The van der Waals surface area contributed by atoms with Crippen molar-refractivity contribution in [1.29, 1.82) is 0 Å². The summed E-state index contributed by atoms with van der Waals surface area (Å²) in [5, 5.41) is 0. The van der Waals surface area contributed by atoms with Crippen LogP contribution in [0.15, 0.2) is 18.2 Å². The summed E-state index contributed by atoms with van der Waals surface area (Å²) >= 11 is 0. The van der Waals surface area contributed by atoms with Crippen LogP contribution in [-0.2, 0) is 9.47 Å². The fourth-order valence-electron chi connectivity index (χ4n) is 2.75. The number of ether oxygens (including phenoxy) is 2. The molecule has 1 aliphatic rings. The number of carbonyl (C=O) groups excluding carboxylic acids is 1. The van der Waals surface area contributed by atoms with E-state index in [9.17, 15) is 4.79 Å². The number of carbonyl (C=O) groups is 1. The Balaban J connectivity index is 2.22. The van der Waals surface area contributed by atoms with Crippen LogP contribution in [0.1, 0.15) is 36.5 Å². The van der Waals surface area contributed by atoms with E-state index in [4.69, 9.17) is 15.2 Å². The predicted molar refractivity (Wildman–Crippen MR) is 83.7 cm³/mol. The Kier molecular flexibility index (Phi) is 5.44. The summed E-state index contributed by atoms with van der Waals surface area (Å²) in [5.41, 5.74) is 8.00. The smallest absolute Gasteiger partial charge is 0.340 e. The van der Waals surface area contributed by atoms with E-state index in [-0.39, 0.29) is 12.1 Å². The Labute approximate surface area is 126 Å². The van der Waals surface area contributed by atoms with Gasteiger partial charge in [0.05, 0.1) is 30.2 Å². The lowest BCUT2D eigenvalue weighted by atomic mass is 10.0. The van der Waals surface area contributed by atoms with E-state index in [0.717, 1.165) is 44.6 Å². The number of nitrogens with two attached hydrogens (primary N) is 1. The van der Waals surface area contributed by atoms with Gasteiger partial charge in [0.25, 0.3) is 0 Å². The van der Waals surface area contributed by atoms with E-state index in [0.29, 0.717) is 11.3 Å². The average Bonchev–Trinajstić information content (AvgIpc) is 2.52. The Bertz CT molecular complexity index is 490. The molecule has 1 aliphatic heterocycles. The zero-order chi connectivity index (χ0) is 15.2. The first-order valence-corrected chi connectivity index (χ1v) is 7.50. The molecule has 0 radical (unpaired) electrons. The summed E-state index contributed by atoms with van der Waals surface area (Å²) < 4.78 is 10.7. The number of rotatable bonds is 5. The number of esters is 1. The molecule has 1 atom stereocenters. The molecule has 1 unspecified atom stereocenters. The monoisotopic (exact) mass is 292 g/mol. The largest absolute Gasteiger partial charge is 0.465 e. The first kappa shape index (κ1) is 15.6. The second kappa shape index (κ2) is 7.31. The molecule has 0 spiro atoms. The lowest BCUT2D eigenvalue weighted by Crippen LogP contribution is -2.41. The maximum Gasteiger partial charge on any atom is 0.340 e. The van der Waals surface area contributed by atoms with Gasteiger partial charge in [-0.1, -0.05) is 13.0 Å². The molecule has 1 aromatic carbocycles. The molecule has 0 aliphatic carbocycles. The quantitative estimate of drug-likeness (QED) is 0.667. The van der Waals surface area contributed by atoms with E-state index in [1.807, 2.05) is 6.07 Å². The minimum Gasteiger partial charge on any atom is -0.465 e. The molecule has 5 heteroatoms. The molecule has 5 nitrogen and oxygen atoms in total. The summed E-state index contributed by atoms with van der Waals surface area (Å²) in [6.45, 7) is 4.51. The second-order valence-electron chi connectivity index (χ2n) is 5.32. The Hall–Kier alpha value is -1.75. The Morgan fingerprint density at radius 2 is 2.29 bits per heavy atom. The summed E-state index contributed by atoms with van der Waals surface area (Å²) in [5.74, 6) is -0.353. The van der Waals surface area contributed by atoms with E-state index in [2.05, 4.69) is 11.8 Å². The van der Waals surface area contributed by atoms with Crippen molar-refractivity contribution in [2.75, 3.05) is 37.4 Å². The van der Waals surface area contributed by atoms with Gasteiger partial charge in [-0.25, -0.2) is 4.79 Å². The van der Waals surface area contributed by atoms with Gasteiger partial charge in [0.2, 0.25) is 0 Å². The topological polar surface area (TPSA) is 64.8 Å². The highest BCUT2D eigenvalue weighted by Crippen LogP contribution is 2.31. The highest BCUT2D eigenvalue weighted by molar-refractivity contribution is 5.99. The number of anilines is 2. The number of benzene rings is 1. The highest BCUT2D eigenvalue weighted by atomic mass is 16.5. The number of piperidine rings is 1. The Morgan fingerprint density at radius 3 is 3.00 bits per heavy atom. The molecule has 2 N–H and O–H groups in total.